The highest BCUT2D eigenvalue weighted by Gasteiger charge is 2.12. The van der Waals surface area contributed by atoms with Crippen molar-refractivity contribution < 1.29 is 13.7 Å². The zero-order valence-corrected chi connectivity index (χ0v) is 13.7. The average molecular weight is 322 g/mol. The molecule has 0 spiro atoms. The lowest BCUT2D eigenvalue weighted by Gasteiger charge is -2.17. The van der Waals surface area contributed by atoms with E-state index >= 15 is 0 Å². The summed E-state index contributed by atoms with van der Waals surface area (Å²) >= 11 is 1.54. The van der Waals surface area contributed by atoms with Gasteiger partial charge in [-0.05, 0) is 31.5 Å². The van der Waals surface area contributed by atoms with Crippen LogP contribution in [-0.4, -0.2) is 28.8 Å². The van der Waals surface area contributed by atoms with Crippen molar-refractivity contribution in [2.45, 2.75) is 26.1 Å². The van der Waals surface area contributed by atoms with E-state index < -0.39 is 0 Å². The maximum absolute atomic E-state index is 12.9. The van der Waals surface area contributed by atoms with Gasteiger partial charge in [0.25, 0.3) is 0 Å². The Morgan fingerprint density at radius 3 is 2.59 bits per heavy atom. The molecule has 1 amide bonds. The number of hydrogen-bond acceptors (Lipinski definition) is 4. The van der Waals surface area contributed by atoms with Crippen molar-refractivity contribution in [3.8, 4) is 0 Å². The van der Waals surface area contributed by atoms with Gasteiger partial charge in [-0.15, -0.1) is 11.8 Å². The van der Waals surface area contributed by atoms with E-state index in [-0.39, 0.29) is 11.7 Å². The minimum Gasteiger partial charge on any atom is -0.361 e. The van der Waals surface area contributed by atoms with Crippen LogP contribution < -0.4 is 0 Å². The minimum absolute atomic E-state index is 0.0427. The first-order valence-electron chi connectivity index (χ1n) is 6.95. The number of carbonyl (C=O) groups excluding carboxylic acids is 1. The molecule has 0 aliphatic carbocycles. The molecule has 1 heterocycles. The van der Waals surface area contributed by atoms with E-state index in [4.69, 9.17) is 4.52 Å². The molecule has 0 aliphatic heterocycles. The maximum atomic E-state index is 12.9. The molecule has 2 rings (SSSR count). The molecule has 1 aromatic heterocycles. The van der Waals surface area contributed by atoms with Gasteiger partial charge < -0.3 is 9.42 Å². The molecule has 0 saturated carbocycles. The predicted molar refractivity (Wildman–Crippen MR) is 85.0 cm³/mol. The van der Waals surface area contributed by atoms with Crippen LogP contribution in [0, 0.1) is 19.7 Å². The summed E-state index contributed by atoms with van der Waals surface area (Å²) in [5.74, 6) is 1.67. The number of hydrogen-bond donors (Lipinski definition) is 0. The lowest BCUT2D eigenvalue weighted by Crippen LogP contribution is -2.27. The summed E-state index contributed by atoms with van der Waals surface area (Å²) in [7, 11) is 1.75. The Bertz CT molecular complexity index is 621. The minimum atomic E-state index is -0.271. The van der Waals surface area contributed by atoms with Crippen molar-refractivity contribution in [3.05, 3.63) is 52.7 Å². The van der Waals surface area contributed by atoms with Crippen LogP contribution in [0.2, 0.25) is 0 Å². The van der Waals surface area contributed by atoms with Gasteiger partial charge >= 0.3 is 0 Å². The van der Waals surface area contributed by atoms with E-state index in [1.165, 1.54) is 23.9 Å². The van der Waals surface area contributed by atoms with Crippen molar-refractivity contribution in [3.63, 3.8) is 0 Å². The zero-order valence-electron chi connectivity index (χ0n) is 12.9. The molecule has 2 aromatic rings. The van der Waals surface area contributed by atoms with Gasteiger partial charge in [0.15, 0.2) is 0 Å². The van der Waals surface area contributed by atoms with E-state index in [1.807, 2.05) is 13.8 Å². The fourth-order valence-corrected chi connectivity index (χ4v) is 3.12. The number of aromatic nitrogens is 1. The summed E-state index contributed by atoms with van der Waals surface area (Å²) in [4.78, 5) is 13.8. The van der Waals surface area contributed by atoms with E-state index in [0.29, 0.717) is 18.1 Å². The highest BCUT2D eigenvalue weighted by atomic mass is 32.2. The summed E-state index contributed by atoms with van der Waals surface area (Å²) in [5.41, 5.74) is 2.84. The summed E-state index contributed by atoms with van der Waals surface area (Å²) in [6, 6.07) is 6.19. The summed E-state index contributed by atoms with van der Waals surface area (Å²) in [6.45, 7) is 4.25. The number of aryl methyl sites for hydroxylation is 2. The standard InChI is InChI=1S/C16H19FN2O2S/c1-11-15(12(2)21-18-11)9-22-10-16(20)19(3)8-13-4-6-14(17)7-5-13/h4-7H,8-10H2,1-3H3. The third-order valence-corrected chi connectivity index (χ3v) is 4.36. The second-order valence-electron chi connectivity index (χ2n) is 5.17. The topological polar surface area (TPSA) is 46.3 Å². The Morgan fingerprint density at radius 2 is 2.00 bits per heavy atom. The quantitative estimate of drug-likeness (QED) is 0.818. The SMILES string of the molecule is Cc1noc(C)c1CSCC(=O)N(C)Cc1ccc(F)cc1. The molecule has 4 nitrogen and oxygen atoms in total. The number of thioether (sulfide) groups is 1. The van der Waals surface area contributed by atoms with Crippen LogP contribution in [-0.2, 0) is 17.1 Å². The largest absolute Gasteiger partial charge is 0.361 e. The molecule has 0 N–H and O–H groups in total. The van der Waals surface area contributed by atoms with E-state index in [9.17, 15) is 9.18 Å². The first kappa shape index (κ1) is 16.5. The van der Waals surface area contributed by atoms with Gasteiger partial charge in [-0.2, -0.15) is 0 Å². The summed E-state index contributed by atoms with van der Waals surface area (Å²) < 4.78 is 18.0. The van der Waals surface area contributed by atoms with Crippen molar-refractivity contribution >= 4 is 17.7 Å². The number of carbonyl (C=O) groups is 1. The molecule has 0 fully saturated rings. The number of amides is 1. The molecular weight excluding hydrogens is 303 g/mol. The van der Waals surface area contributed by atoms with Crippen LogP contribution in [0.5, 0.6) is 0 Å². The molecule has 1 aromatic carbocycles. The first-order valence-corrected chi connectivity index (χ1v) is 8.10. The molecule has 0 radical (unpaired) electrons. The molecule has 6 heteroatoms. The van der Waals surface area contributed by atoms with Gasteiger partial charge in [-0.25, -0.2) is 4.39 Å². The van der Waals surface area contributed by atoms with Crippen LogP contribution >= 0.6 is 11.8 Å². The van der Waals surface area contributed by atoms with Gasteiger partial charge in [0.05, 0.1) is 11.4 Å². The van der Waals surface area contributed by atoms with Crippen LogP contribution in [0.3, 0.4) is 0 Å². The lowest BCUT2D eigenvalue weighted by molar-refractivity contribution is -0.127. The highest BCUT2D eigenvalue weighted by molar-refractivity contribution is 7.99. The second-order valence-corrected chi connectivity index (χ2v) is 6.16. The number of rotatable bonds is 6. The smallest absolute Gasteiger partial charge is 0.232 e. The average Bonchev–Trinajstić information content (AvgIpc) is 2.81. The van der Waals surface area contributed by atoms with Gasteiger partial charge in [0, 0.05) is 24.9 Å². The van der Waals surface area contributed by atoms with Crippen LogP contribution in [0.15, 0.2) is 28.8 Å². The fourth-order valence-electron chi connectivity index (χ4n) is 2.01. The normalized spacial score (nSPS) is 10.7. The Labute approximate surface area is 133 Å². The lowest BCUT2D eigenvalue weighted by atomic mass is 10.2. The second kappa shape index (κ2) is 7.45. The van der Waals surface area contributed by atoms with Crippen molar-refractivity contribution in [1.82, 2.24) is 10.1 Å². The van der Waals surface area contributed by atoms with Gasteiger partial charge in [0.1, 0.15) is 11.6 Å². The van der Waals surface area contributed by atoms with Crippen LogP contribution in [0.1, 0.15) is 22.6 Å². The maximum Gasteiger partial charge on any atom is 0.232 e. The van der Waals surface area contributed by atoms with E-state index in [2.05, 4.69) is 5.16 Å². The molecule has 0 aliphatic rings. The van der Waals surface area contributed by atoms with E-state index in [0.717, 1.165) is 22.6 Å². The Hall–Kier alpha value is -1.82. The third-order valence-electron chi connectivity index (χ3n) is 3.41. The highest BCUT2D eigenvalue weighted by Crippen LogP contribution is 2.19. The van der Waals surface area contributed by atoms with Crippen LogP contribution in [0.25, 0.3) is 0 Å². The number of halogens is 1. The Balaban J connectivity index is 1.80. The molecule has 0 atom stereocenters. The summed E-state index contributed by atoms with van der Waals surface area (Å²) in [5, 5.41) is 3.90. The molecule has 22 heavy (non-hydrogen) atoms. The van der Waals surface area contributed by atoms with Gasteiger partial charge in [-0.3, -0.25) is 4.79 Å². The molecule has 0 unspecified atom stereocenters. The Morgan fingerprint density at radius 1 is 1.32 bits per heavy atom. The molecule has 0 saturated heterocycles. The zero-order chi connectivity index (χ0) is 16.1. The van der Waals surface area contributed by atoms with E-state index in [1.54, 1.807) is 24.1 Å². The third kappa shape index (κ3) is 4.34. The first-order chi connectivity index (χ1) is 10.5. The predicted octanol–water partition coefficient (Wildman–Crippen LogP) is 3.32. The Kier molecular flexibility index (Phi) is 5.60. The molecule has 0 bridgehead atoms. The molecule has 118 valence electrons. The fraction of sp³-hybridized carbons (Fsp3) is 0.375. The number of nitrogens with zero attached hydrogens (tertiary/aromatic N) is 2. The molecular formula is C16H19FN2O2S. The van der Waals surface area contributed by atoms with Crippen molar-refractivity contribution in [2.75, 3.05) is 12.8 Å². The summed E-state index contributed by atoms with van der Waals surface area (Å²) in [6.07, 6.45) is 0. The monoisotopic (exact) mass is 322 g/mol. The van der Waals surface area contributed by atoms with Crippen molar-refractivity contribution in [2.24, 2.45) is 0 Å². The van der Waals surface area contributed by atoms with Gasteiger partial charge in [0.2, 0.25) is 5.91 Å². The van der Waals surface area contributed by atoms with Crippen LogP contribution in [0.4, 0.5) is 4.39 Å². The number of benzene rings is 1. The van der Waals surface area contributed by atoms with Gasteiger partial charge in [-0.1, -0.05) is 17.3 Å². The van der Waals surface area contributed by atoms with Crippen molar-refractivity contribution in [1.29, 1.82) is 0 Å².